The third kappa shape index (κ3) is 9.10. The highest BCUT2D eigenvalue weighted by atomic mass is 16.7. The lowest BCUT2D eigenvalue weighted by molar-refractivity contribution is -0.402. The fourth-order valence-electron chi connectivity index (χ4n) is 3.55. The SMILES string of the molecule is CCCCCCCCCCOc1ccc(C(=O)Oc2ccc(OC(=O)c3ccc([N+](=O)[O-])o3)cc2)cc1. The van der Waals surface area contributed by atoms with Crippen LogP contribution in [0, 0.1) is 10.1 Å². The molecular formula is C28H31NO8. The number of unbranched alkanes of at least 4 members (excludes halogenated alkanes) is 7. The number of esters is 2. The minimum atomic E-state index is -0.887. The third-order valence-electron chi connectivity index (χ3n) is 5.57. The van der Waals surface area contributed by atoms with Gasteiger partial charge in [-0.1, -0.05) is 51.9 Å². The summed E-state index contributed by atoms with van der Waals surface area (Å²) >= 11 is 0. The van der Waals surface area contributed by atoms with E-state index in [1.54, 1.807) is 24.3 Å². The van der Waals surface area contributed by atoms with Gasteiger partial charge in [0.1, 0.15) is 22.2 Å². The maximum atomic E-state index is 12.4. The second kappa shape index (κ2) is 14.4. The van der Waals surface area contributed by atoms with Crippen LogP contribution in [0.15, 0.2) is 65.1 Å². The van der Waals surface area contributed by atoms with Crippen LogP contribution in [0.2, 0.25) is 0 Å². The molecule has 0 bridgehead atoms. The van der Waals surface area contributed by atoms with E-state index in [2.05, 4.69) is 6.92 Å². The molecule has 1 aromatic heterocycles. The highest BCUT2D eigenvalue weighted by Crippen LogP contribution is 2.22. The van der Waals surface area contributed by atoms with Crippen molar-refractivity contribution in [1.82, 2.24) is 0 Å². The van der Waals surface area contributed by atoms with E-state index >= 15 is 0 Å². The molecule has 0 radical (unpaired) electrons. The Morgan fingerprint density at radius 3 is 1.84 bits per heavy atom. The van der Waals surface area contributed by atoms with Crippen LogP contribution < -0.4 is 14.2 Å². The summed E-state index contributed by atoms with van der Waals surface area (Å²) in [6.45, 7) is 2.87. The van der Waals surface area contributed by atoms with Gasteiger partial charge in [-0.3, -0.25) is 10.1 Å². The predicted molar refractivity (Wildman–Crippen MR) is 136 cm³/mol. The van der Waals surface area contributed by atoms with Gasteiger partial charge in [-0.2, -0.15) is 0 Å². The first-order valence-corrected chi connectivity index (χ1v) is 12.5. The van der Waals surface area contributed by atoms with E-state index in [1.165, 1.54) is 62.8 Å². The monoisotopic (exact) mass is 509 g/mol. The summed E-state index contributed by atoms with van der Waals surface area (Å²) in [5, 5.41) is 10.7. The van der Waals surface area contributed by atoms with Gasteiger partial charge in [0.2, 0.25) is 5.76 Å². The number of nitro groups is 1. The van der Waals surface area contributed by atoms with Crippen LogP contribution in [-0.2, 0) is 0 Å². The van der Waals surface area contributed by atoms with E-state index in [1.807, 2.05) is 0 Å². The Kier molecular flexibility index (Phi) is 10.7. The Balaban J connectivity index is 1.39. The van der Waals surface area contributed by atoms with Gasteiger partial charge in [0.05, 0.1) is 18.2 Å². The molecule has 0 saturated heterocycles. The second-order valence-electron chi connectivity index (χ2n) is 8.49. The average Bonchev–Trinajstić information content (AvgIpc) is 3.40. The summed E-state index contributed by atoms with van der Waals surface area (Å²) in [6.07, 6.45) is 9.89. The molecule has 0 aliphatic heterocycles. The molecule has 196 valence electrons. The quantitative estimate of drug-likeness (QED) is 0.0697. The summed E-state index contributed by atoms with van der Waals surface area (Å²) in [4.78, 5) is 34.4. The van der Waals surface area contributed by atoms with Gasteiger partial charge in [0.25, 0.3) is 0 Å². The van der Waals surface area contributed by atoms with Crippen molar-refractivity contribution in [3.05, 3.63) is 82.1 Å². The fourth-order valence-corrected chi connectivity index (χ4v) is 3.55. The number of carbonyl (C=O) groups is 2. The second-order valence-corrected chi connectivity index (χ2v) is 8.49. The standard InChI is InChI=1S/C28H31NO8/c1-2-3-4-5-6-7-8-9-20-34-22-12-10-21(11-13-22)27(30)35-23-14-16-24(17-15-23)36-28(31)25-18-19-26(37-25)29(32)33/h10-19H,2-9,20H2,1H3. The lowest BCUT2D eigenvalue weighted by Crippen LogP contribution is -2.09. The summed E-state index contributed by atoms with van der Waals surface area (Å²) in [5.74, 6) is -1.17. The number of nitrogens with zero attached hydrogens (tertiary/aromatic N) is 1. The molecule has 1 heterocycles. The minimum Gasteiger partial charge on any atom is -0.494 e. The molecule has 0 saturated carbocycles. The molecule has 0 spiro atoms. The fraction of sp³-hybridized carbons (Fsp3) is 0.357. The molecule has 0 atom stereocenters. The lowest BCUT2D eigenvalue weighted by atomic mass is 10.1. The van der Waals surface area contributed by atoms with Gasteiger partial charge in [-0.05, 0) is 61.0 Å². The van der Waals surface area contributed by atoms with Crippen LogP contribution in [0.5, 0.6) is 17.2 Å². The van der Waals surface area contributed by atoms with Crippen LogP contribution in [0.25, 0.3) is 0 Å². The zero-order chi connectivity index (χ0) is 26.5. The molecular weight excluding hydrogens is 478 g/mol. The Hall–Kier alpha value is -4.14. The number of benzene rings is 2. The highest BCUT2D eigenvalue weighted by Gasteiger charge is 2.19. The summed E-state index contributed by atoms with van der Waals surface area (Å²) < 4.78 is 21.0. The van der Waals surface area contributed by atoms with Crippen molar-refractivity contribution >= 4 is 17.8 Å². The molecule has 0 aliphatic carbocycles. The normalized spacial score (nSPS) is 10.6. The molecule has 37 heavy (non-hydrogen) atoms. The number of rotatable bonds is 15. The minimum absolute atomic E-state index is 0.154. The number of furan rings is 1. The molecule has 2 aromatic carbocycles. The van der Waals surface area contributed by atoms with E-state index in [9.17, 15) is 19.7 Å². The summed E-state index contributed by atoms with van der Waals surface area (Å²) in [7, 11) is 0. The topological polar surface area (TPSA) is 118 Å². The van der Waals surface area contributed by atoms with E-state index in [-0.39, 0.29) is 17.3 Å². The molecule has 0 unspecified atom stereocenters. The van der Waals surface area contributed by atoms with Crippen molar-refractivity contribution in [3.63, 3.8) is 0 Å². The molecule has 0 N–H and O–H groups in total. The average molecular weight is 510 g/mol. The maximum absolute atomic E-state index is 12.4. The van der Waals surface area contributed by atoms with Crippen molar-refractivity contribution in [1.29, 1.82) is 0 Å². The summed E-state index contributed by atoms with van der Waals surface area (Å²) in [5.41, 5.74) is 0.370. The van der Waals surface area contributed by atoms with E-state index < -0.39 is 22.7 Å². The smallest absolute Gasteiger partial charge is 0.433 e. The van der Waals surface area contributed by atoms with Gasteiger partial charge in [-0.25, -0.2) is 9.59 Å². The molecule has 9 nitrogen and oxygen atoms in total. The molecule has 9 heteroatoms. The van der Waals surface area contributed by atoms with Gasteiger partial charge in [0, 0.05) is 0 Å². The summed E-state index contributed by atoms with van der Waals surface area (Å²) in [6, 6.07) is 14.8. The van der Waals surface area contributed by atoms with Gasteiger partial charge in [0.15, 0.2) is 0 Å². The maximum Gasteiger partial charge on any atom is 0.433 e. The van der Waals surface area contributed by atoms with Gasteiger partial charge < -0.3 is 18.6 Å². The first-order valence-electron chi connectivity index (χ1n) is 12.5. The Labute approximate surface area is 215 Å². The molecule has 0 aliphatic rings. The van der Waals surface area contributed by atoms with E-state index in [0.29, 0.717) is 17.9 Å². The number of hydrogen-bond donors (Lipinski definition) is 0. The van der Waals surface area contributed by atoms with Crippen LogP contribution >= 0.6 is 0 Å². The van der Waals surface area contributed by atoms with E-state index in [0.717, 1.165) is 25.0 Å². The molecule has 3 rings (SSSR count). The highest BCUT2D eigenvalue weighted by molar-refractivity contribution is 5.91. The Morgan fingerprint density at radius 2 is 1.27 bits per heavy atom. The van der Waals surface area contributed by atoms with Crippen LogP contribution in [0.4, 0.5) is 5.88 Å². The van der Waals surface area contributed by atoms with Crippen molar-refractivity contribution in [2.45, 2.75) is 58.3 Å². The zero-order valence-electron chi connectivity index (χ0n) is 20.9. The van der Waals surface area contributed by atoms with Crippen molar-refractivity contribution in [3.8, 4) is 17.2 Å². The first kappa shape index (κ1) is 27.4. The number of ether oxygens (including phenoxy) is 3. The van der Waals surface area contributed by atoms with Gasteiger partial charge in [-0.15, -0.1) is 0 Å². The zero-order valence-corrected chi connectivity index (χ0v) is 20.9. The Morgan fingerprint density at radius 1 is 0.730 bits per heavy atom. The largest absolute Gasteiger partial charge is 0.494 e. The van der Waals surface area contributed by atoms with Crippen LogP contribution in [0.3, 0.4) is 0 Å². The van der Waals surface area contributed by atoms with Gasteiger partial charge >= 0.3 is 17.8 Å². The van der Waals surface area contributed by atoms with Crippen molar-refractivity contribution in [2.24, 2.45) is 0 Å². The Bertz CT molecular complexity index is 1150. The molecule has 0 amide bonds. The van der Waals surface area contributed by atoms with Crippen LogP contribution in [-0.4, -0.2) is 23.5 Å². The molecule has 3 aromatic rings. The third-order valence-corrected chi connectivity index (χ3v) is 5.57. The van der Waals surface area contributed by atoms with Crippen molar-refractivity contribution in [2.75, 3.05) is 6.61 Å². The molecule has 0 fully saturated rings. The predicted octanol–water partition coefficient (Wildman–Crippen LogP) is 7.15. The first-order chi connectivity index (χ1) is 18.0. The van der Waals surface area contributed by atoms with Crippen LogP contribution in [0.1, 0.15) is 79.2 Å². The van der Waals surface area contributed by atoms with E-state index in [4.69, 9.17) is 18.6 Å². The van der Waals surface area contributed by atoms with Crippen molar-refractivity contribution < 1.29 is 33.1 Å². The number of carbonyl (C=O) groups excluding carboxylic acids is 2. The number of hydrogen-bond acceptors (Lipinski definition) is 8. The lowest BCUT2D eigenvalue weighted by Gasteiger charge is -2.08.